The maximum atomic E-state index is 13.2. The molecule has 4 aromatic carbocycles. The fourth-order valence-electron chi connectivity index (χ4n) is 11.6. The Morgan fingerprint density at radius 3 is 2.41 bits per heavy atom. The molecule has 3 atom stereocenters. The van der Waals surface area contributed by atoms with Crippen LogP contribution in [0, 0.1) is 11.3 Å². The number of carbonyl (C=O) groups excluding carboxylic acids is 2. The van der Waals surface area contributed by atoms with Gasteiger partial charge in [0.2, 0.25) is 11.7 Å². The molecule has 396 valence electrons. The number of nitrogens with zero attached hydrogens (tertiary/aromatic N) is 12. The van der Waals surface area contributed by atoms with Crippen LogP contribution in [0.25, 0.3) is 27.8 Å². The summed E-state index contributed by atoms with van der Waals surface area (Å²) >= 11 is 0. The highest BCUT2D eigenvalue weighted by Crippen LogP contribution is 2.39. The first kappa shape index (κ1) is 51.9. The zero-order valence-electron chi connectivity index (χ0n) is 44.1. The van der Waals surface area contributed by atoms with Crippen LogP contribution in [0.3, 0.4) is 0 Å². The molecule has 2 amide bonds. The van der Waals surface area contributed by atoms with E-state index < -0.39 is 0 Å². The summed E-state index contributed by atoms with van der Waals surface area (Å²) in [5.74, 6) is 0.532. The lowest BCUT2D eigenvalue weighted by Crippen LogP contribution is -2.55. The Labute approximate surface area is 444 Å². The van der Waals surface area contributed by atoms with Gasteiger partial charge in [-0.15, -0.1) is 10.2 Å². The highest BCUT2D eigenvalue weighted by Gasteiger charge is 2.36. The largest absolute Gasteiger partial charge is 0.508 e. The number of likely N-dealkylation sites (N-methyl/N-ethyl adjacent to an activating group) is 1. The Morgan fingerprint density at radius 2 is 1.64 bits per heavy atom. The number of nitriles is 1. The minimum absolute atomic E-state index is 0.00313. The van der Waals surface area contributed by atoms with Crippen molar-refractivity contribution in [2.45, 2.75) is 83.6 Å². The maximum absolute atomic E-state index is 13.2. The highest BCUT2D eigenvalue weighted by molar-refractivity contribution is 5.94. The molecule has 0 saturated carbocycles. The molecule has 18 nitrogen and oxygen atoms in total. The number of hydrogen-bond acceptors (Lipinski definition) is 15. The van der Waals surface area contributed by atoms with Crippen molar-refractivity contribution in [3.63, 3.8) is 0 Å². The van der Waals surface area contributed by atoms with Crippen molar-refractivity contribution < 1.29 is 24.5 Å². The van der Waals surface area contributed by atoms with Gasteiger partial charge in [0.1, 0.15) is 23.9 Å². The van der Waals surface area contributed by atoms with E-state index in [9.17, 15) is 25.1 Å². The molecule has 0 unspecified atom stereocenters. The second kappa shape index (κ2) is 22.7. The molecule has 3 N–H and O–H groups in total. The van der Waals surface area contributed by atoms with Gasteiger partial charge in [-0.3, -0.25) is 28.9 Å². The van der Waals surface area contributed by atoms with Crippen molar-refractivity contribution in [2.24, 2.45) is 0 Å². The molecule has 0 spiro atoms. The Morgan fingerprint density at radius 1 is 0.882 bits per heavy atom. The molecule has 0 radical (unpaired) electrons. The molecule has 2 aromatic heterocycles. The number of nitrogens with one attached hydrogen (secondary N) is 1. The number of hydrogen-bond donors (Lipinski definition) is 3. The van der Waals surface area contributed by atoms with Crippen LogP contribution in [-0.2, 0) is 24.3 Å². The number of anilines is 2. The lowest BCUT2D eigenvalue weighted by atomic mass is 9.98. The Kier molecular flexibility index (Phi) is 15.5. The summed E-state index contributed by atoms with van der Waals surface area (Å²) in [4.78, 5) is 50.2. The average molecular weight is 1030 g/mol. The van der Waals surface area contributed by atoms with Crippen LogP contribution in [-0.4, -0.2) is 164 Å². The molecule has 0 aliphatic carbocycles. The van der Waals surface area contributed by atoms with Crippen molar-refractivity contribution >= 4 is 34.1 Å². The van der Waals surface area contributed by atoms with Crippen molar-refractivity contribution in [1.29, 1.82) is 5.26 Å². The smallest absolute Gasteiger partial charge is 0.318 e. The first-order valence-corrected chi connectivity index (χ1v) is 26.8. The van der Waals surface area contributed by atoms with Crippen LogP contribution >= 0.6 is 0 Å². The van der Waals surface area contributed by atoms with Gasteiger partial charge in [-0.05, 0) is 86.0 Å². The first-order valence-electron chi connectivity index (χ1n) is 26.8. The van der Waals surface area contributed by atoms with E-state index in [1.165, 1.54) is 28.6 Å². The summed E-state index contributed by atoms with van der Waals surface area (Å²) in [6, 6.07) is 29.0. The summed E-state index contributed by atoms with van der Waals surface area (Å²) in [6.07, 6.45) is 4.38. The lowest BCUT2D eigenvalue weighted by Gasteiger charge is -2.42. The summed E-state index contributed by atoms with van der Waals surface area (Å²) < 4.78 is 8.29. The number of ether oxygens (including phenoxy) is 1. The summed E-state index contributed by atoms with van der Waals surface area (Å²) in [5, 5.41) is 45.1. The van der Waals surface area contributed by atoms with Crippen molar-refractivity contribution in [3.8, 4) is 40.7 Å². The highest BCUT2D eigenvalue weighted by atomic mass is 16.5. The monoisotopic (exact) mass is 1030 g/mol. The summed E-state index contributed by atoms with van der Waals surface area (Å²) in [5.41, 5.74) is 6.06. The van der Waals surface area contributed by atoms with E-state index in [0.717, 1.165) is 87.7 Å². The molecule has 6 heterocycles. The van der Waals surface area contributed by atoms with Gasteiger partial charge in [-0.1, -0.05) is 69.0 Å². The second-order valence-electron chi connectivity index (χ2n) is 20.9. The fourth-order valence-corrected chi connectivity index (χ4v) is 11.6. The topological polar surface area (TPSA) is 196 Å². The van der Waals surface area contributed by atoms with Crippen LogP contribution in [0.5, 0.6) is 17.5 Å². The van der Waals surface area contributed by atoms with Gasteiger partial charge < -0.3 is 35.0 Å². The third kappa shape index (κ3) is 10.8. The van der Waals surface area contributed by atoms with E-state index in [1.807, 2.05) is 32.9 Å². The molecule has 10 rings (SSSR count). The van der Waals surface area contributed by atoms with Crippen LogP contribution in [0.15, 0.2) is 91.5 Å². The van der Waals surface area contributed by atoms with Crippen LogP contribution in [0.4, 0.5) is 11.5 Å². The first-order chi connectivity index (χ1) is 36.9. The number of rotatable bonds is 16. The maximum Gasteiger partial charge on any atom is 0.318 e. The molecule has 3 saturated heterocycles. The number of fused-ring (bicyclic) bond motifs is 2. The van der Waals surface area contributed by atoms with E-state index in [1.54, 1.807) is 15.5 Å². The van der Waals surface area contributed by atoms with Gasteiger partial charge in [0, 0.05) is 112 Å². The molecule has 76 heavy (non-hydrogen) atoms. The Balaban J connectivity index is 0.775. The second-order valence-corrected chi connectivity index (χ2v) is 20.9. The number of phenolic OH excluding ortho intramolecular Hbond substituents is 2. The third-order valence-corrected chi connectivity index (χ3v) is 15.8. The number of phenols is 2. The molecule has 4 aliphatic heterocycles. The number of likely N-dealkylation sites (tertiary alicyclic amines) is 1. The quantitative estimate of drug-likeness (QED) is 0.0889. The molecule has 3 fully saturated rings. The fraction of sp³-hybridized carbons (Fsp3) is 0.431. The normalized spacial score (nSPS) is 19.5. The molecular weight excluding hydrogens is 959 g/mol. The molecule has 4 aliphatic rings. The number of amides is 2. The average Bonchev–Trinajstić information content (AvgIpc) is 4.04. The predicted molar refractivity (Wildman–Crippen MR) is 293 cm³/mol. The van der Waals surface area contributed by atoms with Crippen molar-refractivity contribution in [2.75, 3.05) is 88.9 Å². The van der Waals surface area contributed by atoms with Gasteiger partial charge in [-0.2, -0.15) is 15.2 Å². The van der Waals surface area contributed by atoms with Crippen LogP contribution < -0.4 is 19.9 Å². The van der Waals surface area contributed by atoms with E-state index in [0.29, 0.717) is 74.0 Å². The standard InChI is InChI=1S/C58H69N13O5/c1-6-53(74)70-30-29-69(35-43(70)21-23-59)54-46-22-24-68(50-14-10-12-40-11-8-9-13-45(40)50)36-49(46)61-58(62-54)76-37-44-20-19-42(65(44)5)34-67-27-25-66(26-28-67)33-39-15-17-41(18-16-39)71-55(63-64-56(71)57(75)60-7-2)48-31-47(38(3)4)51(72)32-52(48)73/h6,8-18,31-32,38,42-44,72-73H,1,7,19-22,24-30,33-37H2,2-5H3,(H,60,75)/t42-,43+,44+/m1/s1. The number of carbonyl (C=O) groups is 2. The van der Waals surface area contributed by atoms with Gasteiger partial charge in [0.25, 0.3) is 5.91 Å². The number of aromatic hydroxyl groups is 2. The molecular formula is C58H69N13O5. The summed E-state index contributed by atoms with van der Waals surface area (Å²) in [7, 11) is 2.21. The third-order valence-electron chi connectivity index (χ3n) is 15.8. The Hall–Kier alpha value is -7.59. The lowest BCUT2D eigenvalue weighted by molar-refractivity contribution is -0.128. The van der Waals surface area contributed by atoms with Gasteiger partial charge in [0.05, 0.1) is 36.3 Å². The number of piperazine rings is 2. The SMILES string of the molecule is C=CC(=O)N1CCN(c2nc(OC[C@@H]3CC[C@H](CN4CCN(Cc5ccc(-n6c(C(=O)NCC)nnc6-c6cc(C(C)C)c(O)cc6O)cc5)CC4)N3C)nc3c2CCN(c2cccc4ccccc24)C3)C[C@@H]1CC#N. The predicted octanol–water partition coefficient (Wildman–Crippen LogP) is 6.50. The minimum Gasteiger partial charge on any atom is -0.508 e. The van der Waals surface area contributed by atoms with Crippen LogP contribution in [0.1, 0.15) is 79.0 Å². The van der Waals surface area contributed by atoms with Gasteiger partial charge >= 0.3 is 6.01 Å². The van der Waals surface area contributed by atoms with E-state index >= 15 is 0 Å². The van der Waals surface area contributed by atoms with E-state index in [2.05, 4.69) is 114 Å². The van der Waals surface area contributed by atoms with Gasteiger partial charge in [0.15, 0.2) is 5.82 Å². The molecule has 0 bridgehead atoms. The molecule has 18 heteroatoms. The van der Waals surface area contributed by atoms with Gasteiger partial charge in [-0.25, -0.2) is 0 Å². The van der Waals surface area contributed by atoms with Crippen molar-refractivity contribution in [3.05, 3.63) is 120 Å². The van der Waals surface area contributed by atoms with Crippen molar-refractivity contribution in [1.82, 2.24) is 49.6 Å². The number of benzene rings is 4. The summed E-state index contributed by atoms with van der Waals surface area (Å²) in [6.45, 7) is 18.9. The van der Waals surface area contributed by atoms with E-state index in [-0.39, 0.29) is 53.6 Å². The Bertz CT molecular complexity index is 3120. The zero-order valence-corrected chi connectivity index (χ0v) is 44.1. The number of aromatic nitrogens is 5. The zero-order chi connectivity index (χ0) is 53.0. The molecule has 6 aromatic rings. The minimum atomic E-state index is -0.378. The van der Waals surface area contributed by atoms with Crippen LogP contribution in [0.2, 0.25) is 0 Å². The van der Waals surface area contributed by atoms with E-state index in [4.69, 9.17) is 14.7 Å².